The lowest BCUT2D eigenvalue weighted by molar-refractivity contribution is -0.139. The van der Waals surface area contributed by atoms with Crippen molar-refractivity contribution < 1.29 is 32.5 Å². The van der Waals surface area contributed by atoms with Gasteiger partial charge in [-0.15, -0.1) is 11.8 Å². The van der Waals surface area contributed by atoms with Gasteiger partial charge in [-0.25, -0.2) is 4.79 Å². The summed E-state index contributed by atoms with van der Waals surface area (Å²) in [6.45, 7) is 3.92. The predicted octanol–water partition coefficient (Wildman–Crippen LogP) is 7.07. The Kier molecular flexibility index (Phi) is 9.09. The smallest absolute Gasteiger partial charge is 0.416 e. The Bertz CT molecular complexity index is 1100. The quantitative estimate of drug-likeness (QED) is 0.283. The van der Waals surface area contributed by atoms with E-state index in [0.29, 0.717) is 23.9 Å². The molecule has 0 spiro atoms. The third kappa shape index (κ3) is 7.96. The Morgan fingerprint density at radius 1 is 1.00 bits per heavy atom. The summed E-state index contributed by atoms with van der Waals surface area (Å²) in [6, 6.07) is 20.4. The van der Waals surface area contributed by atoms with Crippen molar-refractivity contribution in [3.63, 3.8) is 0 Å². The number of aryl methyl sites for hydroxylation is 1. The molecule has 0 aliphatic carbocycles. The number of thioether (sulfide) groups is 1. The van der Waals surface area contributed by atoms with E-state index in [-0.39, 0.29) is 11.8 Å². The second kappa shape index (κ2) is 12.0. The second-order valence-electron chi connectivity index (χ2n) is 8.21. The molecule has 0 fully saturated rings. The number of carbonyl (C=O) groups is 1. The molecule has 0 saturated heterocycles. The molecule has 3 aromatic carbocycles. The molecule has 2 unspecified atom stereocenters. The molecule has 0 bridgehead atoms. The number of benzene rings is 3. The van der Waals surface area contributed by atoms with Gasteiger partial charge in [-0.2, -0.15) is 13.2 Å². The summed E-state index contributed by atoms with van der Waals surface area (Å²) < 4.78 is 49.7. The topological polar surface area (TPSA) is 55.8 Å². The van der Waals surface area contributed by atoms with Crippen LogP contribution in [0.3, 0.4) is 0 Å². The molecule has 0 radical (unpaired) electrons. The van der Waals surface area contributed by atoms with Gasteiger partial charge in [0.2, 0.25) is 0 Å². The molecule has 4 nitrogen and oxygen atoms in total. The SMILES string of the molecule is Cc1cc(SCC(COc2ccc(C(F)(F)F)cc2)C(C)c2ccccc2)ccc1OCC(=O)O. The molecule has 8 heteroatoms. The van der Waals surface area contributed by atoms with Crippen LogP contribution in [0.2, 0.25) is 0 Å². The molecular formula is C27H27F3O4S. The van der Waals surface area contributed by atoms with E-state index in [0.717, 1.165) is 28.2 Å². The van der Waals surface area contributed by atoms with Gasteiger partial charge in [-0.05, 0) is 66.4 Å². The molecule has 186 valence electrons. The number of halogens is 3. The summed E-state index contributed by atoms with van der Waals surface area (Å²) in [5, 5.41) is 8.80. The lowest BCUT2D eigenvalue weighted by Gasteiger charge is -2.25. The Hall–Kier alpha value is -3.13. The van der Waals surface area contributed by atoms with Crippen LogP contribution in [-0.2, 0) is 11.0 Å². The molecule has 0 aromatic heterocycles. The minimum atomic E-state index is -4.38. The standard InChI is InChI=1S/C27H27F3O4S/c1-18-14-24(12-13-25(18)34-16-26(31)32)35-17-21(19(2)20-6-4-3-5-7-20)15-33-23-10-8-22(9-11-23)27(28,29)30/h3-14,19,21H,15-17H2,1-2H3,(H,31,32). The average Bonchev–Trinajstić information content (AvgIpc) is 2.83. The summed E-state index contributed by atoms with van der Waals surface area (Å²) in [5.74, 6) is 0.825. The zero-order valence-corrected chi connectivity index (χ0v) is 20.2. The van der Waals surface area contributed by atoms with Crippen molar-refractivity contribution >= 4 is 17.7 Å². The minimum Gasteiger partial charge on any atom is -0.493 e. The molecule has 0 saturated carbocycles. The van der Waals surface area contributed by atoms with Crippen molar-refractivity contribution in [1.82, 2.24) is 0 Å². The average molecular weight is 505 g/mol. The van der Waals surface area contributed by atoms with Gasteiger partial charge >= 0.3 is 12.1 Å². The first-order valence-corrected chi connectivity index (χ1v) is 12.0. The number of alkyl halides is 3. The van der Waals surface area contributed by atoms with Crippen LogP contribution in [-0.4, -0.2) is 30.0 Å². The summed E-state index contributed by atoms with van der Waals surface area (Å²) in [6.07, 6.45) is -4.38. The molecule has 0 aliphatic rings. The number of carboxylic acids is 1. The predicted molar refractivity (Wildman–Crippen MR) is 130 cm³/mol. The monoisotopic (exact) mass is 504 g/mol. The maximum absolute atomic E-state index is 12.8. The van der Waals surface area contributed by atoms with E-state index in [9.17, 15) is 18.0 Å². The lowest BCUT2D eigenvalue weighted by Crippen LogP contribution is -2.21. The molecule has 0 amide bonds. The van der Waals surface area contributed by atoms with Crippen molar-refractivity contribution in [1.29, 1.82) is 0 Å². The Morgan fingerprint density at radius 2 is 1.69 bits per heavy atom. The van der Waals surface area contributed by atoms with Gasteiger partial charge in [0.1, 0.15) is 11.5 Å². The molecule has 3 rings (SSSR count). The highest BCUT2D eigenvalue weighted by molar-refractivity contribution is 7.99. The van der Waals surface area contributed by atoms with Crippen molar-refractivity contribution in [2.75, 3.05) is 19.0 Å². The largest absolute Gasteiger partial charge is 0.493 e. The van der Waals surface area contributed by atoms with Crippen LogP contribution in [0.1, 0.15) is 29.5 Å². The first kappa shape index (κ1) is 26.5. The van der Waals surface area contributed by atoms with E-state index in [1.54, 1.807) is 17.8 Å². The molecule has 3 aromatic rings. The van der Waals surface area contributed by atoms with E-state index < -0.39 is 24.3 Å². The van der Waals surface area contributed by atoms with E-state index in [1.807, 2.05) is 37.3 Å². The van der Waals surface area contributed by atoms with E-state index >= 15 is 0 Å². The third-order valence-electron chi connectivity index (χ3n) is 5.64. The molecule has 35 heavy (non-hydrogen) atoms. The van der Waals surface area contributed by atoms with Crippen LogP contribution >= 0.6 is 11.8 Å². The normalized spacial score (nSPS) is 13.2. The number of aliphatic carboxylic acids is 1. The molecular weight excluding hydrogens is 477 g/mol. The van der Waals surface area contributed by atoms with Crippen LogP contribution in [0, 0.1) is 12.8 Å². The van der Waals surface area contributed by atoms with Crippen molar-refractivity contribution in [2.45, 2.75) is 30.8 Å². The third-order valence-corrected chi connectivity index (χ3v) is 6.82. The van der Waals surface area contributed by atoms with Crippen LogP contribution in [0.15, 0.2) is 77.7 Å². The van der Waals surface area contributed by atoms with E-state index in [2.05, 4.69) is 19.1 Å². The number of ether oxygens (including phenoxy) is 2. The van der Waals surface area contributed by atoms with Crippen molar-refractivity contribution in [3.05, 3.63) is 89.5 Å². The van der Waals surface area contributed by atoms with Crippen molar-refractivity contribution in [3.8, 4) is 11.5 Å². The van der Waals surface area contributed by atoms with Crippen LogP contribution < -0.4 is 9.47 Å². The highest BCUT2D eigenvalue weighted by Crippen LogP contribution is 2.34. The van der Waals surface area contributed by atoms with Gasteiger partial charge in [0, 0.05) is 16.6 Å². The summed E-state index contributed by atoms with van der Waals surface area (Å²) in [7, 11) is 0. The molecule has 0 aliphatic heterocycles. The maximum atomic E-state index is 12.8. The Labute approximate surface area is 207 Å². The van der Waals surface area contributed by atoms with Gasteiger partial charge in [-0.3, -0.25) is 0 Å². The fourth-order valence-corrected chi connectivity index (χ4v) is 4.74. The van der Waals surface area contributed by atoms with E-state index in [4.69, 9.17) is 14.6 Å². The minimum absolute atomic E-state index is 0.0768. The van der Waals surface area contributed by atoms with Gasteiger partial charge in [0.15, 0.2) is 6.61 Å². The van der Waals surface area contributed by atoms with Gasteiger partial charge in [0.25, 0.3) is 0 Å². The Morgan fingerprint density at radius 3 is 2.29 bits per heavy atom. The highest BCUT2D eigenvalue weighted by Gasteiger charge is 2.30. The maximum Gasteiger partial charge on any atom is 0.416 e. The summed E-state index contributed by atoms with van der Waals surface area (Å²) >= 11 is 1.64. The lowest BCUT2D eigenvalue weighted by atomic mass is 9.89. The van der Waals surface area contributed by atoms with Gasteiger partial charge in [-0.1, -0.05) is 37.3 Å². The number of hydrogen-bond donors (Lipinski definition) is 1. The summed E-state index contributed by atoms with van der Waals surface area (Å²) in [4.78, 5) is 11.7. The van der Waals surface area contributed by atoms with E-state index in [1.165, 1.54) is 12.1 Å². The second-order valence-corrected chi connectivity index (χ2v) is 9.31. The number of hydrogen-bond acceptors (Lipinski definition) is 4. The number of rotatable bonds is 11. The zero-order valence-electron chi connectivity index (χ0n) is 19.4. The highest BCUT2D eigenvalue weighted by atomic mass is 32.2. The summed E-state index contributed by atoms with van der Waals surface area (Å²) in [5.41, 5.74) is 1.29. The van der Waals surface area contributed by atoms with Crippen LogP contribution in [0.5, 0.6) is 11.5 Å². The molecule has 0 heterocycles. The Balaban J connectivity index is 1.69. The van der Waals surface area contributed by atoms with Crippen LogP contribution in [0.25, 0.3) is 0 Å². The first-order chi connectivity index (χ1) is 16.6. The van der Waals surface area contributed by atoms with Crippen LogP contribution in [0.4, 0.5) is 13.2 Å². The zero-order chi connectivity index (χ0) is 25.4. The van der Waals surface area contributed by atoms with Crippen molar-refractivity contribution in [2.24, 2.45) is 5.92 Å². The van der Waals surface area contributed by atoms with Gasteiger partial charge in [0.05, 0.1) is 12.2 Å². The van der Waals surface area contributed by atoms with Gasteiger partial charge < -0.3 is 14.6 Å². The fourth-order valence-electron chi connectivity index (χ4n) is 3.53. The number of carboxylic acid groups (broad SMARTS) is 1. The molecule has 1 N–H and O–H groups in total. The molecule has 2 atom stereocenters. The fraction of sp³-hybridized carbons (Fsp3) is 0.296. The first-order valence-electron chi connectivity index (χ1n) is 11.1.